The molecule has 1 aromatic carbocycles. The van der Waals surface area contributed by atoms with Crippen LogP contribution in [0.5, 0.6) is 0 Å². The van der Waals surface area contributed by atoms with E-state index in [1.54, 1.807) is 0 Å². The molecule has 0 fully saturated rings. The Morgan fingerprint density at radius 3 is 2.46 bits per heavy atom. The van der Waals surface area contributed by atoms with Crippen molar-refractivity contribution in [2.75, 3.05) is 6.61 Å². The molecule has 0 saturated heterocycles. The number of fused-ring (bicyclic) bond motifs is 1. The number of nitrogens with zero attached hydrogens (tertiary/aromatic N) is 1. The van der Waals surface area contributed by atoms with E-state index >= 15 is 0 Å². The van der Waals surface area contributed by atoms with Crippen LogP contribution in [0.15, 0.2) is 18.3 Å². The highest BCUT2D eigenvalue weighted by atomic mass is 16.4. The molecule has 0 aliphatic rings. The molecule has 1 aromatic heterocycles. The van der Waals surface area contributed by atoms with E-state index < -0.39 is 5.97 Å². The second-order valence-electron chi connectivity index (χ2n) is 7.50. The first-order valence-corrected chi connectivity index (χ1v) is 8.80. The molecule has 0 amide bonds. The maximum absolute atomic E-state index is 11.6. The summed E-state index contributed by atoms with van der Waals surface area (Å²) in [6, 6.07) is 3.62. The quantitative estimate of drug-likeness (QED) is 0.792. The topological polar surface area (TPSA) is 62.5 Å². The van der Waals surface area contributed by atoms with Crippen molar-refractivity contribution in [1.82, 2.24) is 4.57 Å². The highest BCUT2D eigenvalue weighted by Gasteiger charge is 2.23. The first-order valence-electron chi connectivity index (χ1n) is 8.80. The molecule has 0 radical (unpaired) electrons. The summed E-state index contributed by atoms with van der Waals surface area (Å²) < 4.78 is 2.20. The van der Waals surface area contributed by atoms with Crippen LogP contribution in [0.4, 0.5) is 0 Å². The number of hydrogen-bond donors (Lipinski definition) is 2. The third kappa shape index (κ3) is 3.81. The lowest BCUT2D eigenvalue weighted by Crippen LogP contribution is -2.15. The third-order valence-corrected chi connectivity index (χ3v) is 4.47. The molecule has 0 unspecified atom stereocenters. The van der Waals surface area contributed by atoms with Gasteiger partial charge in [0.25, 0.3) is 0 Å². The zero-order valence-corrected chi connectivity index (χ0v) is 15.2. The molecule has 0 atom stereocenters. The van der Waals surface area contributed by atoms with Crippen LogP contribution in [-0.2, 0) is 18.4 Å². The molecule has 0 aliphatic heterocycles. The van der Waals surface area contributed by atoms with Crippen molar-refractivity contribution in [2.24, 2.45) is 0 Å². The van der Waals surface area contributed by atoms with Gasteiger partial charge in [-0.05, 0) is 47.9 Å². The Kier molecular flexibility index (Phi) is 5.70. The van der Waals surface area contributed by atoms with Crippen LogP contribution in [0.25, 0.3) is 10.9 Å². The lowest BCUT2D eigenvalue weighted by atomic mass is 9.84. The SMILES string of the molecule is CCCCc1cn(CCCO)c2c(C(C)(C)C)cc(C(=O)O)cc12. The predicted molar refractivity (Wildman–Crippen MR) is 97.9 cm³/mol. The summed E-state index contributed by atoms with van der Waals surface area (Å²) in [7, 11) is 0. The average molecular weight is 331 g/mol. The number of rotatable bonds is 7. The van der Waals surface area contributed by atoms with Gasteiger partial charge >= 0.3 is 5.97 Å². The molecule has 0 saturated carbocycles. The molecule has 0 spiro atoms. The molecule has 2 aromatic rings. The molecular formula is C20H29NO3. The van der Waals surface area contributed by atoms with E-state index in [1.807, 2.05) is 12.1 Å². The van der Waals surface area contributed by atoms with E-state index in [0.717, 1.165) is 42.3 Å². The maximum Gasteiger partial charge on any atom is 0.335 e. The summed E-state index contributed by atoms with van der Waals surface area (Å²) in [5.41, 5.74) is 3.58. The van der Waals surface area contributed by atoms with Crippen LogP contribution in [0, 0.1) is 0 Å². The van der Waals surface area contributed by atoms with E-state index in [0.29, 0.717) is 12.0 Å². The smallest absolute Gasteiger partial charge is 0.335 e. The normalized spacial score (nSPS) is 12.0. The zero-order chi connectivity index (χ0) is 17.9. The Morgan fingerprint density at radius 1 is 1.21 bits per heavy atom. The fraction of sp³-hybridized carbons (Fsp3) is 0.550. The van der Waals surface area contributed by atoms with E-state index in [-0.39, 0.29) is 12.0 Å². The highest BCUT2D eigenvalue weighted by molar-refractivity contribution is 5.97. The lowest BCUT2D eigenvalue weighted by molar-refractivity contribution is 0.0697. The van der Waals surface area contributed by atoms with Gasteiger partial charge in [0, 0.05) is 24.7 Å². The fourth-order valence-electron chi connectivity index (χ4n) is 3.19. The molecule has 4 nitrogen and oxygen atoms in total. The number of aromatic carboxylic acids is 1. The molecule has 2 N–H and O–H groups in total. The van der Waals surface area contributed by atoms with Gasteiger partial charge in [-0.25, -0.2) is 4.79 Å². The van der Waals surface area contributed by atoms with Crippen molar-refractivity contribution in [3.05, 3.63) is 35.0 Å². The first kappa shape index (κ1) is 18.5. The minimum atomic E-state index is -0.882. The number of aromatic nitrogens is 1. The van der Waals surface area contributed by atoms with Crippen molar-refractivity contribution < 1.29 is 15.0 Å². The third-order valence-electron chi connectivity index (χ3n) is 4.47. The number of hydrogen-bond acceptors (Lipinski definition) is 2. The van der Waals surface area contributed by atoms with E-state index in [1.165, 1.54) is 5.56 Å². The van der Waals surface area contributed by atoms with Gasteiger partial charge in [-0.2, -0.15) is 0 Å². The standard InChI is InChI=1S/C20H29NO3/c1-5-6-8-14-13-21(9-7-10-22)18-16(14)11-15(19(23)24)12-17(18)20(2,3)4/h11-13,22H,5-10H2,1-4H3,(H,23,24). The molecule has 24 heavy (non-hydrogen) atoms. The van der Waals surface area contributed by atoms with Crippen molar-refractivity contribution in [3.8, 4) is 0 Å². The van der Waals surface area contributed by atoms with Gasteiger partial charge < -0.3 is 14.8 Å². The Bertz CT molecular complexity index is 723. The number of aryl methyl sites for hydroxylation is 2. The van der Waals surface area contributed by atoms with Crippen LogP contribution < -0.4 is 0 Å². The van der Waals surface area contributed by atoms with Crippen molar-refractivity contribution in [1.29, 1.82) is 0 Å². The highest BCUT2D eigenvalue weighted by Crippen LogP contribution is 2.35. The minimum Gasteiger partial charge on any atom is -0.478 e. The molecule has 2 rings (SSSR count). The van der Waals surface area contributed by atoms with Gasteiger partial charge in [-0.3, -0.25) is 0 Å². The van der Waals surface area contributed by atoms with Gasteiger partial charge in [0.2, 0.25) is 0 Å². The molecule has 4 heteroatoms. The first-order chi connectivity index (χ1) is 11.3. The van der Waals surface area contributed by atoms with Crippen LogP contribution in [-0.4, -0.2) is 27.4 Å². The number of benzene rings is 1. The fourth-order valence-corrected chi connectivity index (χ4v) is 3.19. The summed E-state index contributed by atoms with van der Waals surface area (Å²) in [5, 5.41) is 19.8. The van der Waals surface area contributed by atoms with E-state index in [2.05, 4.69) is 38.5 Å². The predicted octanol–water partition coefficient (Wildman–Crippen LogP) is 4.36. The number of aliphatic hydroxyl groups excluding tert-OH is 1. The lowest BCUT2D eigenvalue weighted by Gasteiger charge is -2.22. The number of aliphatic hydroxyl groups is 1. The second-order valence-corrected chi connectivity index (χ2v) is 7.50. The molecule has 0 aliphatic carbocycles. The van der Waals surface area contributed by atoms with Crippen molar-refractivity contribution in [2.45, 2.75) is 65.3 Å². The number of carbonyl (C=O) groups is 1. The Balaban J connectivity index is 2.75. The van der Waals surface area contributed by atoms with Gasteiger partial charge in [0.15, 0.2) is 0 Å². The largest absolute Gasteiger partial charge is 0.478 e. The monoisotopic (exact) mass is 331 g/mol. The van der Waals surface area contributed by atoms with Crippen molar-refractivity contribution >= 4 is 16.9 Å². The maximum atomic E-state index is 11.6. The van der Waals surface area contributed by atoms with Gasteiger partial charge in [0.05, 0.1) is 11.1 Å². The number of unbranched alkanes of at least 4 members (excludes halogenated alkanes) is 1. The summed E-state index contributed by atoms with van der Waals surface area (Å²) in [6.07, 6.45) is 5.99. The Morgan fingerprint density at radius 2 is 1.92 bits per heavy atom. The van der Waals surface area contributed by atoms with Crippen LogP contribution >= 0.6 is 0 Å². The van der Waals surface area contributed by atoms with Crippen LogP contribution in [0.2, 0.25) is 0 Å². The number of carboxylic acids is 1. The zero-order valence-electron chi connectivity index (χ0n) is 15.2. The Labute approximate surface area is 144 Å². The van der Waals surface area contributed by atoms with Gasteiger partial charge in [0.1, 0.15) is 0 Å². The average Bonchev–Trinajstić information content (AvgIpc) is 2.86. The van der Waals surface area contributed by atoms with Gasteiger partial charge in [-0.1, -0.05) is 34.1 Å². The minimum absolute atomic E-state index is 0.152. The van der Waals surface area contributed by atoms with E-state index in [4.69, 9.17) is 0 Å². The molecular weight excluding hydrogens is 302 g/mol. The second kappa shape index (κ2) is 7.39. The summed E-state index contributed by atoms with van der Waals surface area (Å²) in [5.74, 6) is -0.882. The molecule has 132 valence electrons. The Hall–Kier alpha value is -1.81. The number of carboxylic acid groups (broad SMARTS) is 1. The van der Waals surface area contributed by atoms with Gasteiger partial charge in [-0.15, -0.1) is 0 Å². The summed E-state index contributed by atoms with van der Waals surface area (Å²) in [4.78, 5) is 11.6. The van der Waals surface area contributed by atoms with E-state index in [9.17, 15) is 15.0 Å². The van der Waals surface area contributed by atoms with Crippen molar-refractivity contribution in [3.63, 3.8) is 0 Å². The van der Waals surface area contributed by atoms with Crippen LogP contribution in [0.1, 0.15) is 68.4 Å². The summed E-state index contributed by atoms with van der Waals surface area (Å²) >= 11 is 0. The summed E-state index contributed by atoms with van der Waals surface area (Å²) in [6.45, 7) is 9.40. The van der Waals surface area contributed by atoms with Crippen LogP contribution in [0.3, 0.4) is 0 Å². The molecule has 1 heterocycles. The molecule has 0 bridgehead atoms.